The lowest BCUT2D eigenvalue weighted by atomic mass is 9.70. The largest absolute Gasteiger partial charge is 0.468 e. The summed E-state index contributed by atoms with van der Waals surface area (Å²) in [6.07, 6.45) is 0.400. The Bertz CT molecular complexity index is 638. The number of methoxy groups -OCH3 is 1. The highest BCUT2D eigenvalue weighted by Gasteiger charge is 2.48. The summed E-state index contributed by atoms with van der Waals surface area (Å²) in [4.78, 5) is 26.6. The van der Waals surface area contributed by atoms with Gasteiger partial charge in [-0.15, -0.1) is 0 Å². The van der Waals surface area contributed by atoms with Crippen LogP contribution in [0.3, 0.4) is 0 Å². The molecule has 0 radical (unpaired) electrons. The van der Waals surface area contributed by atoms with Gasteiger partial charge in [-0.25, -0.2) is 9.18 Å². The first-order valence-electron chi connectivity index (χ1n) is 8.43. The summed E-state index contributed by atoms with van der Waals surface area (Å²) in [6.45, 7) is 7.69. The van der Waals surface area contributed by atoms with Gasteiger partial charge < -0.3 is 14.4 Å². The van der Waals surface area contributed by atoms with E-state index in [9.17, 15) is 14.0 Å². The molecule has 1 saturated heterocycles. The molecular formula is C19H26FNO4. The van der Waals surface area contributed by atoms with Crippen LogP contribution in [0.2, 0.25) is 0 Å². The number of piperidine rings is 1. The fourth-order valence-corrected chi connectivity index (χ4v) is 3.37. The van der Waals surface area contributed by atoms with Crippen LogP contribution in [0.15, 0.2) is 24.3 Å². The van der Waals surface area contributed by atoms with E-state index in [1.807, 2.05) is 27.7 Å². The van der Waals surface area contributed by atoms with Gasteiger partial charge >= 0.3 is 12.1 Å². The molecule has 0 bridgehead atoms. The normalized spacial score (nSPS) is 23.9. The third-order valence-corrected chi connectivity index (χ3v) is 4.56. The molecule has 1 aliphatic heterocycles. The highest BCUT2D eigenvalue weighted by molar-refractivity contribution is 5.84. The first-order valence-corrected chi connectivity index (χ1v) is 8.43. The van der Waals surface area contributed by atoms with Crippen LogP contribution >= 0.6 is 0 Å². The van der Waals surface area contributed by atoms with E-state index in [2.05, 4.69) is 0 Å². The Morgan fingerprint density at radius 3 is 2.32 bits per heavy atom. The zero-order chi connectivity index (χ0) is 18.8. The number of hydrogen-bond donors (Lipinski definition) is 0. The fourth-order valence-electron chi connectivity index (χ4n) is 3.37. The van der Waals surface area contributed by atoms with Crippen LogP contribution in [-0.2, 0) is 19.7 Å². The van der Waals surface area contributed by atoms with Crippen molar-refractivity contribution in [1.29, 1.82) is 0 Å². The molecule has 0 saturated carbocycles. The molecule has 2 rings (SSSR count). The van der Waals surface area contributed by atoms with Gasteiger partial charge in [-0.3, -0.25) is 4.79 Å². The summed E-state index contributed by atoms with van der Waals surface area (Å²) in [5.74, 6) is -0.724. The van der Waals surface area contributed by atoms with Gasteiger partial charge in [0.05, 0.1) is 12.5 Å². The van der Waals surface area contributed by atoms with Gasteiger partial charge in [-0.05, 0) is 58.2 Å². The first-order chi connectivity index (χ1) is 11.6. The molecule has 0 aliphatic carbocycles. The Kier molecular flexibility index (Phi) is 5.40. The van der Waals surface area contributed by atoms with Crippen molar-refractivity contribution in [2.45, 2.75) is 57.6 Å². The first kappa shape index (κ1) is 19.2. The van der Waals surface area contributed by atoms with E-state index in [0.29, 0.717) is 24.9 Å². The van der Waals surface area contributed by atoms with E-state index in [1.165, 1.54) is 19.2 Å². The minimum absolute atomic E-state index is 0.215. The van der Waals surface area contributed by atoms with Crippen LogP contribution < -0.4 is 0 Å². The van der Waals surface area contributed by atoms with Crippen LogP contribution in [0.5, 0.6) is 0 Å². The molecule has 1 heterocycles. The Morgan fingerprint density at radius 2 is 1.84 bits per heavy atom. The molecule has 25 heavy (non-hydrogen) atoms. The molecule has 0 N–H and O–H groups in total. The molecular weight excluding hydrogens is 325 g/mol. The number of amides is 1. The van der Waals surface area contributed by atoms with Gasteiger partial charge in [0.25, 0.3) is 0 Å². The second-order valence-corrected chi connectivity index (χ2v) is 7.56. The average Bonchev–Trinajstić information content (AvgIpc) is 2.52. The maximum Gasteiger partial charge on any atom is 0.410 e. The fraction of sp³-hybridized carbons (Fsp3) is 0.579. The summed E-state index contributed by atoms with van der Waals surface area (Å²) >= 11 is 0. The van der Waals surface area contributed by atoms with Crippen LogP contribution in [-0.4, -0.2) is 42.3 Å². The number of likely N-dealkylation sites (tertiary alicyclic amines) is 1. The average molecular weight is 351 g/mol. The zero-order valence-electron chi connectivity index (χ0n) is 15.5. The van der Waals surface area contributed by atoms with Gasteiger partial charge in [0, 0.05) is 12.6 Å². The molecule has 0 aromatic heterocycles. The lowest BCUT2D eigenvalue weighted by molar-refractivity contribution is -0.150. The third kappa shape index (κ3) is 4.11. The Labute approximate surface area is 148 Å². The number of nitrogens with zero attached hydrogens (tertiary/aromatic N) is 1. The lowest BCUT2D eigenvalue weighted by Crippen LogP contribution is -2.54. The number of carbonyl (C=O) groups is 2. The Hall–Kier alpha value is -2.11. The second-order valence-electron chi connectivity index (χ2n) is 7.56. The predicted molar refractivity (Wildman–Crippen MR) is 91.7 cm³/mol. The summed E-state index contributed by atoms with van der Waals surface area (Å²) < 4.78 is 23.8. The molecule has 138 valence electrons. The molecule has 2 atom stereocenters. The number of benzene rings is 1. The zero-order valence-corrected chi connectivity index (χ0v) is 15.5. The summed E-state index contributed by atoms with van der Waals surface area (Å²) in [7, 11) is 1.35. The van der Waals surface area contributed by atoms with Gasteiger partial charge in [0.15, 0.2) is 0 Å². The lowest BCUT2D eigenvalue weighted by Gasteiger charge is -2.44. The Balaban J connectivity index is 2.27. The van der Waals surface area contributed by atoms with Crippen molar-refractivity contribution in [3.63, 3.8) is 0 Å². The van der Waals surface area contributed by atoms with Crippen molar-refractivity contribution in [1.82, 2.24) is 4.90 Å². The van der Waals surface area contributed by atoms with Crippen molar-refractivity contribution < 1.29 is 23.5 Å². The number of esters is 1. The highest BCUT2D eigenvalue weighted by atomic mass is 19.1. The van der Waals surface area contributed by atoms with Crippen molar-refractivity contribution >= 4 is 12.1 Å². The summed E-state index contributed by atoms with van der Waals surface area (Å²) in [5.41, 5.74) is -0.762. The van der Waals surface area contributed by atoms with Crippen molar-refractivity contribution in [2.75, 3.05) is 13.7 Å². The van der Waals surface area contributed by atoms with Crippen LogP contribution in [0.4, 0.5) is 9.18 Å². The quantitative estimate of drug-likeness (QED) is 0.763. The van der Waals surface area contributed by atoms with Gasteiger partial charge in [-0.1, -0.05) is 12.1 Å². The van der Waals surface area contributed by atoms with E-state index in [4.69, 9.17) is 9.47 Å². The van der Waals surface area contributed by atoms with Crippen LogP contribution in [0.25, 0.3) is 0 Å². The van der Waals surface area contributed by atoms with Crippen molar-refractivity contribution in [3.05, 3.63) is 35.6 Å². The van der Waals surface area contributed by atoms with E-state index < -0.39 is 17.1 Å². The molecule has 1 aliphatic rings. The minimum atomic E-state index is -0.889. The molecule has 1 fully saturated rings. The molecule has 1 aromatic carbocycles. The topological polar surface area (TPSA) is 55.8 Å². The van der Waals surface area contributed by atoms with E-state index in [0.717, 1.165) is 0 Å². The van der Waals surface area contributed by atoms with Crippen LogP contribution in [0.1, 0.15) is 46.1 Å². The summed E-state index contributed by atoms with van der Waals surface area (Å²) in [6, 6.07) is 5.69. The third-order valence-electron chi connectivity index (χ3n) is 4.56. The van der Waals surface area contributed by atoms with Crippen molar-refractivity contribution in [3.8, 4) is 0 Å². The maximum atomic E-state index is 13.3. The number of rotatable bonds is 2. The van der Waals surface area contributed by atoms with Crippen molar-refractivity contribution in [2.24, 2.45) is 0 Å². The molecule has 5 nitrogen and oxygen atoms in total. The monoisotopic (exact) mass is 351 g/mol. The minimum Gasteiger partial charge on any atom is -0.468 e. The SMILES string of the molecule is COC(=O)[C@@]1(c2ccc(F)cc2)CCN(C(=O)OC(C)(C)C)[C@@H](C)C1. The smallest absolute Gasteiger partial charge is 0.410 e. The van der Waals surface area contributed by atoms with Gasteiger partial charge in [-0.2, -0.15) is 0 Å². The molecule has 0 unspecified atom stereocenters. The summed E-state index contributed by atoms with van der Waals surface area (Å²) in [5, 5.41) is 0. The standard InChI is InChI=1S/C19H26FNO4/c1-13-12-19(16(22)24-5,14-6-8-15(20)9-7-14)10-11-21(13)17(23)25-18(2,3)4/h6-9,13H,10-12H2,1-5H3/t13-,19-/m0/s1. The van der Waals surface area contributed by atoms with Gasteiger partial charge in [0.1, 0.15) is 11.4 Å². The molecule has 1 amide bonds. The Morgan fingerprint density at radius 1 is 1.24 bits per heavy atom. The van der Waals surface area contributed by atoms with Crippen LogP contribution in [0, 0.1) is 5.82 Å². The number of halogens is 1. The molecule has 6 heteroatoms. The maximum absolute atomic E-state index is 13.3. The number of hydrogen-bond acceptors (Lipinski definition) is 4. The van der Waals surface area contributed by atoms with E-state index in [1.54, 1.807) is 17.0 Å². The van der Waals surface area contributed by atoms with E-state index in [-0.39, 0.29) is 17.8 Å². The highest BCUT2D eigenvalue weighted by Crippen LogP contribution is 2.40. The number of carbonyl (C=O) groups excluding carboxylic acids is 2. The predicted octanol–water partition coefficient (Wildman–Crippen LogP) is 3.66. The molecule has 0 spiro atoms. The second kappa shape index (κ2) is 7.02. The molecule has 1 aromatic rings. The van der Waals surface area contributed by atoms with E-state index >= 15 is 0 Å². The number of ether oxygens (including phenoxy) is 2. The van der Waals surface area contributed by atoms with Gasteiger partial charge in [0.2, 0.25) is 0 Å².